The van der Waals surface area contributed by atoms with Crippen LogP contribution in [-0.4, -0.2) is 12.3 Å². The van der Waals surface area contributed by atoms with Gasteiger partial charge in [-0.05, 0) is 31.9 Å². The van der Waals surface area contributed by atoms with Crippen LogP contribution >= 0.6 is 0 Å². The molecule has 0 fully saturated rings. The van der Waals surface area contributed by atoms with Crippen LogP contribution in [0.4, 0.5) is 0 Å². The Bertz CT molecular complexity index is 333. The van der Waals surface area contributed by atoms with E-state index in [1.165, 1.54) is 0 Å². The summed E-state index contributed by atoms with van der Waals surface area (Å²) in [6, 6.07) is 7.74. The first-order valence-corrected chi connectivity index (χ1v) is 5.43. The average Bonchev–Trinajstić information content (AvgIpc) is 2.25. The molecule has 0 heterocycles. The molecule has 0 aliphatic rings. The van der Waals surface area contributed by atoms with Crippen LogP contribution in [-0.2, 0) is 0 Å². The third kappa shape index (κ3) is 3.84. The summed E-state index contributed by atoms with van der Waals surface area (Å²) in [6.45, 7) is 4.73. The van der Waals surface area contributed by atoms with Crippen molar-refractivity contribution in [2.24, 2.45) is 11.7 Å². The molecule has 2 nitrogen and oxygen atoms in total. The maximum absolute atomic E-state index is 11.8. The second-order valence-corrected chi connectivity index (χ2v) is 4.17. The monoisotopic (exact) mass is 205 g/mol. The van der Waals surface area contributed by atoms with Gasteiger partial charge in [-0.3, -0.25) is 4.79 Å². The van der Waals surface area contributed by atoms with Crippen LogP contribution < -0.4 is 5.73 Å². The van der Waals surface area contributed by atoms with E-state index in [4.69, 9.17) is 5.73 Å². The minimum Gasteiger partial charge on any atom is -0.330 e. The zero-order chi connectivity index (χ0) is 11.3. The smallest absolute Gasteiger partial charge is 0.162 e. The van der Waals surface area contributed by atoms with E-state index in [0.29, 0.717) is 18.9 Å². The van der Waals surface area contributed by atoms with Gasteiger partial charge in [0.25, 0.3) is 0 Å². The lowest BCUT2D eigenvalue weighted by Crippen LogP contribution is -2.12. The van der Waals surface area contributed by atoms with E-state index < -0.39 is 0 Å². The second kappa shape index (κ2) is 5.66. The van der Waals surface area contributed by atoms with E-state index in [1.807, 2.05) is 31.2 Å². The molecular formula is C13H19NO. The summed E-state index contributed by atoms with van der Waals surface area (Å²) in [7, 11) is 0. The van der Waals surface area contributed by atoms with Crippen molar-refractivity contribution in [3.8, 4) is 0 Å². The number of hydrogen-bond acceptors (Lipinski definition) is 2. The number of nitrogens with two attached hydrogens (primary N) is 1. The third-order valence-electron chi connectivity index (χ3n) is 2.61. The Labute approximate surface area is 91.5 Å². The van der Waals surface area contributed by atoms with E-state index in [-0.39, 0.29) is 5.78 Å². The molecule has 0 saturated heterocycles. The Kier molecular flexibility index (Phi) is 4.50. The molecule has 0 aromatic heterocycles. The van der Waals surface area contributed by atoms with E-state index >= 15 is 0 Å². The van der Waals surface area contributed by atoms with Crippen molar-refractivity contribution in [3.05, 3.63) is 35.4 Å². The van der Waals surface area contributed by atoms with Gasteiger partial charge in [0, 0.05) is 12.0 Å². The van der Waals surface area contributed by atoms with Crippen LogP contribution in [0.3, 0.4) is 0 Å². The van der Waals surface area contributed by atoms with Gasteiger partial charge >= 0.3 is 0 Å². The van der Waals surface area contributed by atoms with Gasteiger partial charge < -0.3 is 5.73 Å². The maximum atomic E-state index is 11.8. The zero-order valence-corrected chi connectivity index (χ0v) is 9.49. The van der Waals surface area contributed by atoms with Gasteiger partial charge in [0.05, 0.1) is 0 Å². The molecule has 2 heteroatoms. The summed E-state index contributed by atoms with van der Waals surface area (Å²) < 4.78 is 0. The fourth-order valence-corrected chi connectivity index (χ4v) is 1.46. The van der Waals surface area contributed by atoms with Gasteiger partial charge in [-0.25, -0.2) is 0 Å². The normalized spacial score (nSPS) is 12.5. The van der Waals surface area contributed by atoms with Crippen LogP contribution in [0.2, 0.25) is 0 Å². The predicted molar refractivity (Wildman–Crippen MR) is 63.0 cm³/mol. The van der Waals surface area contributed by atoms with Crippen LogP contribution in [0.15, 0.2) is 24.3 Å². The van der Waals surface area contributed by atoms with E-state index in [0.717, 1.165) is 17.5 Å². The van der Waals surface area contributed by atoms with E-state index in [1.54, 1.807) is 0 Å². The SMILES string of the molecule is Cc1cccc(C(=O)CCC(C)CN)c1. The van der Waals surface area contributed by atoms with Crippen LogP contribution in [0.25, 0.3) is 0 Å². The van der Waals surface area contributed by atoms with Crippen molar-refractivity contribution in [2.75, 3.05) is 6.54 Å². The van der Waals surface area contributed by atoms with Gasteiger partial charge in [0.2, 0.25) is 0 Å². The maximum Gasteiger partial charge on any atom is 0.162 e. The molecule has 1 aromatic carbocycles. The molecule has 0 amide bonds. The Morgan fingerprint density at radius 3 is 2.80 bits per heavy atom. The molecule has 2 N–H and O–H groups in total. The highest BCUT2D eigenvalue weighted by molar-refractivity contribution is 5.96. The van der Waals surface area contributed by atoms with Crippen molar-refractivity contribution >= 4 is 5.78 Å². The van der Waals surface area contributed by atoms with Crippen molar-refractivity contribution in [1.82, 2.24) is 0 Å². The standard InChI is InChI=1S/C13H19NO/c1-10-4-3-5-12(8-10)13(15)7-6-11(2)9-14/h3-5,8,11H,6-7,9,14H2,1-2H3. The first-order valence-electron chi connectivity index (χ1n) is 5.43. The number of carbonyl (C=O) groups excluding carboxylic acids is 1. The minimum atomic E-state index is 0.221. The first kappa shape index (κ1) is 11.9. The quantitative estimate of drug-likeness (QED) is 0.751. The lowest BCUT2D eigenvalue weighted by molar-refractivity contribution is 0.0975. The summed E-state index contributed by atoms with van der Waals surface area (Å²) >= 11 is 0. The number of carbonyl (C=O) groups is 1. The largest absolute Gasteiger partial charge is 0.330 e. The Balaban J connectivity index is 2.54. The Morgan fingerprint density at radius 2 is 2.20 bits per heavy atom. The lowest BCUT2D eigenvalue weighted by atomic mass is 9.99. The molecule has 82 valence electrons. The summed E-state index contributed by atoms with van der Waals surface area (Å²) in [5, 5.41) is 0. The topological polar surface area (TPSA) is 43.1 Å². The summed E-state index contributed by atoms with van der Waals surface area (Å²) in [4.78, 5) is 11.8. The van der Waals surface area contributed by atoms with Crippen LogP contribution in [0.5, 0.6) is 0 Å². The lowest BCUT2D eigenvalue weighted by Gasteiger charge is -2.07. The van der Waals surface area contributed by atoms with Crippen LogP contribution in [0, 0.1) is 12.8 Å². The third-order valence-corrected chi connectivity index (χ3v) is 2.61. The molecule has 0 aliphatic carbocycles. The summed E-state index contributed by atoms with van der Waals surface area (Å²) in [6.07, 6.45) is 1.48. The van der Waals surface area contributed by atoms with Crippen molar-refractivity contribution in [1.29, 1.82) is 0 Å². The molecule has 1 unspecified atom stereocenters. The fourth-order valence-electron chi connectivity index (χ4n) is 1.46. The number of hydrogen-bond donors (Lipinski definition) is 1. The number of benzene rings is 1. The predicted octanol–water partition coefficient (Wildman–Crippen LogP) is 2.55. The fraction of sp³-hybridized carbons (Fsp3) is 0.462. The van der Waals surface area contributed by atoms with Gasteiger partial charge in [0.1, 0.15) is 0 Å². The molecule has 0 bridgehead atoms. The number of aryl methyl sites for hydroxylation is 1. The van der Waals surface area contributed by atoms with Crippen molar-refractivity contribution in [3.63, 3.8) is 0 Å². The van der Waals surface area contributed by atoms with Crippen molar-refractivity contribution in [2.45, 2.75) is 26.7 Å². The van der Waals surface area contributed by atoms with Gasteiger partial charge in [-0.2, -0.15) is 0 Å². The van der Waals surface area contributed by atoms with Crippen LogP contribution in [0.1, 0.15) is 35.7 Å². The Hall–Kier alpha value is -1.15. The molecule has 0 spiro atoms. The highest BCUT2D eigenvalue weighted by atomic mass is 16.1. The summed E-state index contributed by atoms with van der Waals surface area (Å²) in [5.41, 5.74) is 7.46. The minimum absolute atomic E-state index is 0.221. The molecule has 1 aromatic rings. The zero-order valence-electron chi connectivity index (χ0n) is 9.49. The van der Waals surface area contributed by atoms with E-state index in [2.05, 4.69) is 6.92 Å². The Morgan fingerprint density at radius 1 is 1.47 bits per heavy atom. The molecule has 1 atom stereocenters. The molecule has 0 saturated carbocycles. The summed E-state index contributed by atoms with van der Waals surface area (Å²) in [5.74, 6) is 0.651. The first-order chi connectivity index (χ1) is 7.13. The number of ketones is 1. The number of rotatable bonds is 5. The van der Waals surface area contributed by atoms with Gasteiger partial charge in [0.15, 0.2) is 5.78 Å². The van der Waals surface area contributed by atoms with Gasteiger partial charge in [-0.1, -0.05) is 30.7 Å². The highest BCUT2D eigenvalue weighted by Gasteiger charge is 2.07. The van der Waals surface area contributed by atoms with Crippen molar-refractivity contribution < 1.29 is 4.79 Å². The number of Topliss-reactive ketones (excluding diaryl/α,β-unsaturated/α-hetero) is 1. The molecular weight excluding hydrogens is 186 g/mol. The molecule has 1 rings (SSSR count). The van der Waals surface area contributed by atoms with E-state index in [9.17, 15) is 4.79 Å². The molecule has 0 aliphatic heterocycles. The van der Waals surface area contributed by atoms with Gasteiger partial charge in [-0.15, -0.1) is 0 Å². The molecule has 15 heavy (non-hydrogen) atoms. The highest BCUT2D eigenvalue weighted by Crippen LogP contribution is 2.11. The second-order valence-electron chi connectivity index (χ2n) is 4.17. The average molecular weight is 205 g/mol. The molecule has 0 radical (unpaired) electrons.